The van der Waals surface area contributed by atoms with Crippen LogP contribution in [-0.2, 0) is 13.1 Å². The molecule has 6 heteroatoms. The summed E-state index contributed by atoms with van der Waals surface area (Å²) in [6.45, 7) is 3.17. The summed E-state index contributed by atoms with van der Waals surface area (Å²) in [5, 5.41) is 0. The Kier molecular flexibility index (Phi) is 2.93. The van der Waals surface area contributed by atoms with E-state index in [0.717, 1.165) is 4.88 Å². The highest BCUT2D eigenvalue weighted by Gasteiger charge is 2.04. The molecule has 0 spiro atoms. The molecule has 0 aliphatic heterocycles. The zero-order chi connectivity index (χ0) is 10.8. The first-order valence-electron chi connectivity index (χ1n) is 4.56. The van der Waals surface area contributed by atoms with E-state index in [4.69, 9.17) is 11.6 Å². The lowest BCUT2D eigenvalue weighted by atomic mass is 10.5. The van der Waals surface area contributed by atoms with Crippen LogP contribution in [0, 0.1) is 0 Å². The lowest BCUT2D eigenvalue weighted by Crippen LogP contribution is -2.23. The molecule has 80 valence electrons. The van der Waals surface area contributed by atoms with Crippen LogP contribution < -0.4 is 5.69 Å². The zero-order valence-corrected chi connectivity index (χ0v) is 9.75. The van der Waals surface area contributed by atoms with Crippen molar-refractivity contribution in [3.8, 4) is 0 Å². The molecule has 0 N–H and O–H groups in total. The summed E-state index contributed by atoms with van der Waals surface area (Å²) in [6, 6.07) is 0. The minimum atomic E-state index is 0.00187. The van der Waals surface area contributed by atoms with E-state index >= 15 is 0 Å². The predicted octanol–water partition coefficient (Wildman–Crippen LogP) is 1.83. The van der Waals surface area contributed by atoms with E-state index in [1.807, 2.05) is 6.92 Å². The molecule has 0 atom stereocenters. The summed E-state index contributed by atoms with van der Waals surface area (Å²) in [4.78, 5) is 16.6. The summed E-state index contributed by atoms with van der Waals surface area (Å²) in [6.07, 6.45) is 5.26. The Morgan fingerprint density at radius 2 is 2.20 bits per heavy atom. The average molecular weight is 244 g/mol. The van der Waals surface area contributed by atoms with Crippen LogP contribution >= 0.6 is 22.9 Å². The number of hydrogen-bond donors (Lipinski definition) is 0. The van der Waals surface area contributed by atoms with Gasteiger partial charge in [-0.2, -0.15) is 0 Å². The number of aryl methyl sites for hydroxylation is 1. The second-order valence-electron chi connectivity index (χ2n) is 3.07. The Morgan fingerprint density at radius 3 is 2.73 bits per heavy atom. The lowest BCUT2D eigenvalue weighted by molar-refractivity contribution is 0.671. The fourth-order valence-electron chi connectivity index (χ4n) is 1.34. The fraction of sp³-hybridized carbons (Fsp3) is 0.333. The van der Waals surface area contributed by atoms with Crippen LogP contribution in [-0.4, -0.2) is 14.1 Å². The second kappa shape index (κ2) is 4.20. The Morgan fingerprint density at radius 1 is 1.47 bits per heavy atom. The minimum absolute atomic E-state index is 0.00187. The normalized spacial score (nSPS) is 10.8. The molecule has 0 aromatic carbocycles. The van der Waals surface area contributed by atoms with E-state index in [1.165, 1.54) is 11.3 Å². The first-order valence-corrected chi connectivity index (χ1v) is 5.76. The van der Waals surface area contributed by atoms with Gasteiger partial charge in [-0.1, -0.05) is 11.6 Å². The first-order chi connectivity index (χ1) is 7.20. The third-order valence-corrected chi connectivity index (χ3v) is 3.21. The molecular weight excluding hydrogens is 234 g/mol. The SMILES string of the molecule is CCn1ccn(Cc2cnc(Cl)s2)c1=O. The van der Waals surface area contributed by atoms with E-state index in [-0.39, 0.29) is 5.69 Å². The van der Waals surface area contributed by atoms with E-state index < -0.39 is 0 Å². The molecule has 0 amide bonds. The maximum absolute atomic E-state index is 11.7. The van der Waals surface area contributed by atoms with E-state index in [9.17, 15) is 4.79 Å². The predicted molar refractivity (Wildman–Crippen MR) is 60.6 cm³/mol. The summed E-state index contributed by atoms with van der Waals surface area (Å²) in [5.74, 6) is 0. The highest BCUT2D eigenvalue weighted by molar-refractivity contribution is 7.15. The van der Waals surface area contributed by atoms with Crippen molar-refractivity contribution in [2.45, 2.75) is 20.0 Å². The van der Waals surface area contributed by atoms with Crippen LogP contribution in [0.1, 0.15) is 11.8 Å². The molecule has 0 aliphatic rings. The van der Waals surface area contributed by atoms with Crippen molar-refractivity contribution in [2.75, 3.05) is 0 Å². The van der Waals surface area contributed by atoms with Crippen molar-refractivity contribution in [1.29, 1.82) is 0 Å². The molecule has 0 saturated carbocycles. The van der Waals surface area contributed by atoms with Gasteiger partial charge >= 0.3 is 5.69 Å². The molecule has 0 unspecified atom stereocenters. The number of nitrogens with zero attached hydrogens (tertiary/aromatic N) is 3. The van der Waals surface area contributed by atoms with Crippen molar-refractivity contribution in [3.05, 3.63) is 38.4 Å². The van der Waals surface area contributed by atoms with Gasteiger partial charge in [-0.15, -0.1) is 11.3 Å². The van der Waals surface area contributed by atoms with E-state index in [2.05, 4.69) is 4.98 Å². The Labute approximate surface area is 95.8 Å². The van der Waals surface area contributed by atoms with Crippen LogP contribution in [0.25, 0.3) is 0 Å². The standard InChI is InChI=1S/C9H10ClN3OS/c1-2-12-3-4-13(9(12)14)6-7-5-11-8(10)15-7/h3-5H,2,6H2,1H3. The van der Waals surface area contributed by atoms with E-state index in [0.29, 0.717) is 17.6 Å². The molecule has 0 fully saturated rings. The van der Waals surface area contributed by atoms with Gasteiger partial charge in [-0.05, 0) is 6.92 Å². The maximum Gasteiger partial charge on any atom is 0.328 e. The lowest BCUT2D eigenvalue weighted by Gasteiger charge is -1.97. The summed E-state index contributed by atoms with van der Waals surface area (Å²) in [5.41, 5.74) is 0.00187. The smallest absolute Gasteiger partial charge is 0.300 e. The summed E-state index contributed by atoms with van der Waals surface area (Å²) in [7, 11) is 0. The van der Waals surface area contributed by atoms with E-state index in [1.54, 1.807) is 27.7 Å². The number of hydrogen-bond acceptors (Lipinski definition) is 3. The highest BCUT2D eigenvalue weighted by Crippen LogP contribution is 2.17. The van der Waals surface area contributed by atoms with Gasteiger partial charge in [0.15, 0.2) is 4.47 Å². The van der Waals surface area contributed by atoms with Crippen LogP contribution in [0.5, 0.6) is 0 Å². The van der Waals surface area contributed by atoms with Gasteiger partial charge in [0.05, 0.1) is 6.54 Å². The van der Waals surface area contributed by atoms with Crippen molar-refractivity contribution < 1.29 is 0 Å². The molecule has 0 radical (unpaired) electrons. The van der Waals surface area contributed by atoms with Crippen LogP contribution in [0.4, 0.5) is 0 Å². The molecule has 15 heavy (non-hydrogen) atoms. The Bertz CT molecular complexity index is 513. The second-order valence-corrected chi connectivity index (χ2v) is 4.77. The Hall–Kier alpha value is -1.07. The largest absolute Gasteiger partial charge is 0.328 e. The molecule has 2 aromatic heterocycles. The zero-order valence-electron chi connectivity index (χ0n) is 8.18. The number of rotatable bonds is 3. The van der Waals surface area contributed by atoms with Crippen LogP contribution in [0.3, 0.4) is 0 Å². The van der Waals surface area contributed by atoms with Gasteiger partial charge in [0.2, 0.25) is 0 Å². The topological polar surface area (TPSA) is 39.8 Å². The molecule has 0 aliphatic carbocycles. The summed E-state index contributed by atoms with van der Waals surface area (Å²) >= 11 is 7.11. The molecular formula is C9H10ClN3OS. The Balaban J connectivity index is 2.25. The van der Waals surface area contributed by atoms with Crippen LogP contribution in [0.15, 0.2) is 23.4 Å². The average Bonchev–Trinajstić information content (AvgIpc) is 2.76. The number of thiazole rings is 1. The molecule has 0 bridgehead atoms. The van der Waals surface area contributed by atoms with Gasteiger partial charge in [0, 0.05) is 30.0 Å². The molecule has 2 heterocycles. The van der Waals surface area contributed by atoms with Crippen molar-refractivity contribution >= 4 is 22.9 Å². The number of halogens is 1. The van der Waals surface area contributed by atoms with Crippen molar-refractivity contribution in [1.82, 2.24) is 14.1 Å². The van der Waals surface area contributed by atoms with Gasteiger partial charge < -0.3 is 0 Å². The van der Waals surface area contributed by atoms with Crippen LogP contribution in [0.2, 0.25) is 4.47 Å². The highest BCUT2D eigenvalue weighted by atomic mass is 35.5. The third-order valence-electron chi connectivity index (χ3n) is 2.11. The van der Waals surface area contributed by atoms with Gasteiger partial charge in [0.25, 0.3) is 0 Å². The van der Waals surface area contributed by atoms with Crippen molar-refractivity contribution in [2.24, 2.45) is 0 Å². The molecule has 2 rings (SSSR count). The minimum Gasteiger partial charge on any atom is -0.300 e. The first kappa shape index (κ1) is 10.4. The van der Waals surface area contributed by atoms with Gasteiger partial charge in [0.1, 0.15) is 0 Å². The van der Waals surface area contributed by atoms with Gasteiger partial charge in [-0.3, -0.25) is 9.13 Å². The fourth-order valence-corrected chi connectivity index (χ4v) is 2.32. The monoisotopic (exact) mass is 243 g/mol. The quantitative estimate of drug-likeness (QED) is 0.825. The van der Waals surface area contributed by atoms with Gasteiger partial charge in [-0.25, -0.2) is 9.78 Å². The molecule has 2 aromatic rings. The summed E-state index contributed by atoms with van der Waals surface area (Å²) < 4.78 is 3.81. The number of aromatic nitrogens is 3. The molecule has 0 saturated heterocycles. The third kappa shape index (κ3) is 2.13. The number of imidazole rings is 1. The van der Waals surface area contributed by atoms with Crippen molar-refractivity contribution in [3.63, 3.8) is 0 Å². The maximum atomic E-state index is 11.7. The molecule has 4 nitrogen and oxygen atoms in total.